The normalized spacial score (nSPS) is 30.2. The molecule has 3 aliphatic rings. The molecule has 0 spiro atoms. The van der Waals surface area contributed by atoms with E-state index >= 15 is 0 Å². The fourth-order valence-electron chi connectivity index (χ4n) is 6.78. The lowest BCUT2D eigenvalue weighted by atomic mass is 9.65. The van der Waals surface area contributed by atoms with Crippen molar-refractivity contribution in [2.45, 2.75) is 64.6 Å². The van der Waals surface area contributed by atoms with Crippen LogP contribution < -0.4 is 0 Å². The van der Waals surface area contributed by atoms with E-state index in [1.807, 2.05) is 67.2 Å². The number of ether oxygens (including phenoxy) is 5. The molecule has 9 nitrogen and oxygen atoms in total. The standard InChI is InChI=1S/C37H46N2O7/c1-25(2)29-14-12-26(3)30-21-33(45-34(40)15-13-28-22-39(5)24-38-28)36(4)16-17-37(42-6,46-36)32(20-31(29)30)35(41)44-19-18-43-23-27-10-8-7-9-11-27/h7-13,15-17,20,22,24-25,29-31,33H,14,18-19,21,23H2,1-6H3/b15-13+,32-20-/t29-,30+,31-,33+,36+,37-/m1/s1. The van der Waals surface area contributed by atoms with Crippen LogP contribution in [0.3, 0.4) is 0 Å². The van der Waals surface area contributed by atoms with E-state index in [1.54, 1.807) is 18.5 Å². The van der Waals surface area contributed by atoms with Crippen molar-refractivity contribution in [2.75, 3.05) is 20.3 Å². The largest absolute Gasteiger partial charge is 0.460 e. The average Bonchev–Trinajstić information content (AvgIpc) is 3.63. The number of benzene rings is 1. The zero-order valence-electron chi connectivity index (χ0n) is 27.7. The van der Waals surface area contributed by atoms with Crippen LogP contribution in [0.25, 0.3) is 6.08 Å². The first-order valence-corrected chi connectivity index (χ1v) is 16.0. The van der Waals surface area contributed by atoms with Gasteiger partial charge in [0.1, 0.15) is 18.3 Å². The summed E-state index contributed by atoms with van der Waals surface area (Å²) in [7, 11) is 3.38. The van der Waals surface area contributed by atoms with Gasteiger partial charge in [-0.2, -0.15) is 0 Å². The summed E-state index contributed by atoms with van der Waals surface area (Å²) in [4.78, 5) is 31.4. The van der Waals surface area contributed by atoms with Gasteiger partial charge in [0.15, 0.2) is 0 Å². The monoisotopic (exact) mass is 630 g/mol. The molecule has 0 unspecified atom stereocenters. The van der Waals surface area contributed by atoms with E-state index in [4.69, 9.17) is 23.7 Å². The Morgan fingerprint density at radius 3 is 2.65 bits per heavy atom. The Labute approximate surface area is 271 Å². The number of nitrogens with zero attached hydrogens (tertiary/aromatic N) is 2. The molecule has 0 fully saturated rings. The van der Waals surface area contributed by atoms with Crippen LogP contribution >= 0.6 is 0 Å². The van der Waals surface area contributed by atoms with Gasteiger partial charge in [-0.3, -0.25) is 0 Å². The van der Waals surface area contributed by atoms with E-state index in [2.05, 4.69) is 31.8 Å². The van der Waals surface area contributed by atoms with Gasteiger partial charge in [0.05, 0.1) is 30.8 Å². The van der Waals surface area contributed by atoms with Crippen LogP contribution in [0.15, 0.2) is 84.4 Å². The number of carbonyl (C=O) groups excluding carboxylic acids is 2. The van der Waals surface area contributed by atoms with Crippen LogP contribution in [-0.4, -0.2) is 59.3 Å². The van der Waals surface area contributed by atoms with Crippen LogP contribution in [0, 0.1) is 23.7 Å². The Balaban J connectivity index is 1.42. The number of methoxy groups -OCH3 is 1. The number of hydrogen-bond donors (Lipinski definition) is 0. The molecule has 46 heavy (non-hydrogen) atoms. The maximum absolute atomic E-state index is 13.9. The molecule has 9 heteroatoms. The quantitative estimate of drug-likeness (QED) is 0.130. The van der Waals surface area contributed by atoms with Crippen molar-refractivity contribution >= 4 is 18.0 Å². The minimum Gasteiger partial charge on any atom is -0.460 e. The molecule has 0 radical (unpaired) electrons. The number of allylic oxidation sites excluding steroid dienone is 3. The van der Waals surface area contributed by atoms with Crippen LogP contribution in [-0.2, 0) is 46.9 Å². The number of carbonyl (C=O) groups is 2. The van der Waals surface area contributed by atoms with Crippen LogP contribution in [0.5, 0.6) is 0 Å². The number of rotatable bonds is 11. The highest BCUT2D eigenvalue weighted by molar-refractivity contribution is 5.91. The van der Waals surface area contributed by atoms with E-state index in [0.717, 1.165) is 12.0 Å². The molecular formula is C37H46N2O7. The molecule has 2 aliphatic heterocycles. The average molecular weight is 631 g/mol. The summed E-state index contributed by atoms with van der Waals surface area (Å²) < 4.78 is 32.2. The molecule has 1 aromatic carbocycles. The van der Waals surface area contributed by atoms with Crippen LogP contribution in [0.4, 0.5) is 0 Å². The van der Waals surface area contributed by atoms with Crippen molar-refractivity contribution in [1.82, 2.24) is 9.55 Å². The molecular weight excluding hydrogens is 584 g/mol. The smallest absolute Gasteiger partial charge is 0.339 e. The minimum atomic E-state index is -1.52. The number of esters is 2. The highest BCUT2D eigenvalue weighted by Crippen LogP contribution is 2.49. The lowest BCUT2D eigenvalue weighted by molar-refractivity contribution is -0.227. The van der Waals surface area contributed by atoms with Crippen molar-refractivity contribution in [3.8, 4) is 0 Å². The highest BCUT2D eigenvalue weighted by atomic mass is 16.7. The SMILES string of the molecule is CO[C@]12C=C[C@](C)(O1)[C@@H](OC(=O)/C=C/c1cn(C)cn1)C[C@H]1C(C)=CC[C@H](C(C)C)[C@H]1/C=C\2C(=O)OCCOCc1ccccc1. The van der Waals surface area contributed by atoms with E-state index in [0.29, 0.717) is 24.6 Å². The molecule has 0 N–H and O–H groups in total. The van der Waals surface area contributed by atoms with Gasteiger partial charge in [-0.05, 0) is 74.2 Å². The summed E-state index contributed by atoms with van der Waals surface area (Å²) in [6.45, 7) is 9.14. The van der Waals surface area contributed by atoms with Gasteiger partial charge in [0.25, 0.3) is 0 Å². The maximum atomic E-state index is 13.9. The Hall–Kier alpha value is -3.79. The molecule has 6 atom stereocenters. The Morgan fingerprint density at radius 2 is 1.96 bits per heavy atom. The van der Waals surface area contributed by atoms with E-state index in [-0.39, 0.29) is 36.5 Å². The van der Waals surface area contributed by atoms with Gasteiger partial charge in [0, 0.05) is 26.4 Å². The number of aryl methyl sites for hydroxylation is 1. The molecule has 5 rings (SSSR count). The topological polar surface area (TPSA) is 98.1 Å². The lowest BCUT2D eigenvalue weighted by Crippen LogP contribution is -2.48. The summed E-state index contributed by atoms with van der Waals surface area (Å²) in [5, 5.41) is 0. The molecule has 3 heterocycles. The van der Waals surface area contributed by atoms with E-state index in [9.17, 15) is 9.59 Å². The molecule has 0 saturated heterocycles. The Kier molecular flexibility index (Phi) is 10.5. The second-order valence-corrected chi connectivity index (χ2v) is 13.0. The predicted octanol–water partition coefficient (Wildman–Crippen LogP) is 5.98. The van der Waals surface area contributed by atoms with Crippen molar-refractivity contribution in [3.05, 3.63) is 95.6 Å². The number of hydrogen-bond acceptors (Lipinski definition) is 8. The van der Waals surface area contributed by atoms with Gasteiger partial charge in [-0.1, -0.05) is 61.9 Å². The summed E-state index contributed by atoms with van der Waals surface area (Å²) in [6.07, 6.45) is 15.1. The van der Waals surface area contributed by atoms with Gasteiger partial charge in [-0.15, -0.1) is 0 Å². The minimum absolute atomic E-state index is 0.00203. The molecule has 2 aromatic rings. The molecule has 2 bridgehead atoms. The van der Waals surface area contributed by atoms with Gasteiger partial charge < -0.3 is 28.3 Å². The van der Waals surface area contributed by atoms with Gasteiger partial charge in [0.2, 0.25) is 5.79 Å². The van der Waals surface area contributed by atoms with Gasteiger partial charge in [-0.25, -0.2) is 14.6 Å². The first kappa shape index (κ1) is 33.6. The molecule has 1 aromatic heterocycles. The summed E-state index contributed by atoms with van der Waals surface area (Å²) >= 11 is 0. The van der Waals surface area contributed by atoms with E-state index in [1.165, 1.54) is 18.8 Å². The number of imidazole rings is 1. The number of fused-ring (bicyclic) bond motifs is 3. The second kappa shape index (κ2) is 14.3. The van der Waals surface area contributed by atoms with Crippen molar-refractivity contribution in [3.63, 3.8) is 0 Å². The first-order valence-electron chi connectivity index (χ1n) is 16.0. The molecule has 1 aliphatic carbocycles. The van der Waals surface area contributed by atoms with Crippen LogP contribution in [0.1, 0.15) is 51.8 Å². The number of aromatic nitrogens is 2. The third-order valence-electron chi connectivity index (χ3n) is 9.43. The van der Waals surface area contributed by atoms with Crippen molar-refractivity contribution < 1.29 is 33.3 Å². The molecule has 246 valence electrons. The van der Waals surface area contributed by atoms with E-state index < -0.39 is 29.4 Å². The third-order valence-corrected chi connectivity index (χ3v) is 9.43. The second-order valence-electron chi connectivity index (χ2n) is 13.0. The maximum Gasteiger partial charge on any atom is 0.339 e. The summed E-state index contributed by atoms with van der Waals surface area (Å²) in [5.74, 6) is -2.01. The Bertz CT molecular complexity index is 1510. The summed E-state index contributed by atoms with van der Waals surface area (Å²) in [5.41, 5.74) is 2.10. The fourth-order valence-corrected chi connectivity index (χ4v) is 6.78. The molecule has 0 saturated carbocycles. The van der Waals surface area contributed by atoms with Crippen molar-refractivity contribution in [1.29, 1.82) is 0 Å². The summed E-state index contributed by atoms with van der Waals surface area (Å²) in [6, 6.07) is 9.85. The molecule has 0 amide bonds. The zero-order chi connectivity index (χ0) is 32.9. The highest BCUT2D eigenvalue weighted by Gasteiger charge is 2.55. The van der Waals surface area contributed by atoms with Crippen molar-refractivity contribution in [2.24, 2.45) is 30.7 Å². The van der Waals surface area contributed by atoms with Gasteiger partial charge >= 0.3 is 11.9 Å². The fraction of sp³-hybridized carbons (Fsp3) is 0.486. The van der Waals surface area contributed by atoms with Crippen LogP contribution in [0.2, 0.25) is 0 Å². The predicted molar refractivity (Wildman–Crippen MR) is 174 cm³/mol. The third kappa shape index (κ3) is 7.43. The zero-order valence-corrected chi connectivity index (χ0v) is 27.7. The lowest BCUT2D eigenvalue weighted by Gasteiger charge is -2.41. The first-order chi connectivity index (χ1) is 22.0. The Morgan fingerprint density at radius 1 is 1.17 bits per heavy atom.